The normalized spacial score (nSPS) is 14.3. The molecule has 0 amide bonds. The van der Waals surface area contributed by atoms with Crippen molar-refractivity contribution in [3.63, 3.8) is 0 Å². The van der Waals surface area contributed by atoms with Crippen LogP contribution >= 0.6 is 0 Å². The van der Waals surface area contributed by atoms with Crippen LogP contribution in [0.4, 0.5) is 8.78 Å². The van der Waals surface area contributed by atoms with E-state index in [1.807, 2.05) is 6.07 Å². The third-order valence-electron chi connectivity index (χ3n) is 2.26. The summed E-state index contributed by atoms with van der Waals surface area (Å²) < 4.78 is 26.0. The van der Waals surface area contributed by atoms with Gasteiger partial charge >= 0.3 is 0 Å². The SMILES string of the molecule is CCC(C#N)C(O)c1cc(F)ccc1F. The standard InChI is InChI=1S/C11H11F2NO/c1-2-7(6-14)11(15)9-5-8(12)3-4-10(9)13/h3-5,7,11,15H,2H2,1H3. The summed E-state index contributed by atoms with van der Waals surface area (Å²) in [6.07, 6.45) is -0.899. The summed E-state index contributed by atoms with van der Waals surface area (Å²) in [6.45, 7) is 1.70. The van der Waals surface area contributed by atoms with E-state index in [2.05, 4.69) is 0 Å². The lowest BCUT2D eigenvalue weighted by Crippen LogP contribution is -2.11. The Bertz CT molecular complexity index is 387. The molecule has 0 aromatic heterocycles. The van der Waals surface area contributed by atoms with Gasteiger partial charge in [0.15, 0.2) is 0 Å². The smallest absolute Gasteiger partial charge is 0.129 e. The molecule has 1 N–H and O–H groups in total. The molecule has 1 aromatic rings. The van der Waals surface area contributed by atoms with Gasteiger partial charge in [0.25, 0.3) is 0 Å². The summed E-state index contributed by atoms with van der Waals surface area (Å²) >= 11 is 0. The van der Waals surface area contributed by atoms with Gasteiger partial charge in [-0.2, -0.15) is 5.26 Å². The number of aliphatic hydroxyl groups excluding tert-OH is 1. The van der Waals surface area contributed by atoms with Gasteiger partial charge in [0, 0.05) is 5.56 Å². The van der Waals surface area contributed by atoms with E-state index in [-0.39, 0.29) is 5.56 Å². The second kappa shape index (κ2) is 4.85. The predicted octanol–water partition coefficient (Wildman–Crippen LogP) is 2.55. The Morgan fingerprint density at radius 2 is 2.13 bits per heavy atom. The number of nitrogens with zero attached hydrogens (tertiary/aromatic N) is 1. The summed E-state index contributed by atoms with van der Waals surface area (Å²) in [4.78, 5) is 0. The van der Waals surface area contributed by atoms with E-state index >= 15 is 0 Å². The Morgan fingerprint density at radius 1 is 1.47 bits per heavy atom. The highest BCUT2D eigenvalue weighted by molar-refractivity contribution is 5.22. The van der Waals surface area contributed by atoms with Crippen LogP contribution in [0.25, 0.3) is 0 Å². The first kappa shape index (κ1) is 11.6. The largest absolute Gasteiger partial charge is 0.387 e. The van der Waals surface area contributed by atoms with Crippen LogP contribution in [-0.2, 0) is 0 Å². The second-order valence-electron chi connectivity index (χ2n) is 3.25. The van der Waals surface area contributed by atoms with Crippen molar-refractivity contribution in [1.29, 1.82) is 5.26 Å². The van der Waals surface area contributed by atoms with Crippen LogP contribution in [0.15, 0.2) is 18.2 Å². The van der Waals surface area contributed by atoms with Gasteiger partial charge < -0.3 is 5.11 Å². The van der Waals surface area contributed by atoms with Gasteiger partial charge in [0.2, 0.25) is 0 Å². The molecule has 0 aliphatic carbocycles. The first-order valence-electron chi connectivity index (χ1n) is 4.62. The predicted molar refractivity (Wildman–Crippen MR) is 50.7 cm³/mol. The van der Waals surface area contributed by atoms with Crippen molar-refractivity contribution in [2.24, 2.45) is 5.92 Å². The minimum Gasteiger partial charge on any atom is -0.387 e. The molecular weight excluding hydrogens is 200 g/mol. The maximum Gasteiger partial charge on any atom is 0.129 e. The van der Waals surface area contributed by atoms with Crippen LogP contribution in [0, 0.1) is 28.9 Å². The lowest BCUT2D eigenvalue weighted by molar-refractivity contribution is 0.128. The van der Waals surface area contributed by atoms with E-state index < -0.39 is 23.7 Å². The summed E-state index contributed by atoms with van der Waals surface area (Å²) in [5.41, 5.74) is -0.164. The van der Waals surface area contributed by atoms with Crippen molar-refractivity contribution in [3.05, 3.63) is 35.4 Å². The van der Waals surface area contributed by atoms with Gasteiger partial charge in [-0.3, -0.25) is 0 Å². The zero-order valence-corrected chi connectivity index (χ0v) is 8.24. The van der Waals surface area contributed by atoms with Gasteiger partial charge in [-0.25, -0.2) is 8.78 Å². The van der Waals surface area contributed by atoms with E-state index in [9.17, 15) is 13.9 Å². The Hall–Kier alpha value is -1.47. The van der Waals surface area contributed by atoms with E-state index in [4.69, 9.17) is 5.26 Å². The molecule has 0 aliphatic rings. The summed E-state index contributed by atoms with van der Waals surface area (Å²) in [6, 6.07) is 4.69. The molecule has 2 unspecified atom stereocenters. The molecule has 0 bridgehead atoms. The maximum absolute atomic E-state index is 13.2. The average Bonchev–Trinajstić information content (AvgIpc) is 2.23. The zero-order chi connectivity index (χ0) is 11.4. The van der Waals surface area contributed by atoms with Gasteiger partial charge in [0.05, 0.1) is 18.1 Å². The first-order chi connectivity index (χ1) is 7.10. The molecule has 1 rings (SSSR count). The number of nitriles is 1. The van der Waals surface area contributed by atoms with Crippen molar-refractivity contribution in [3.8, 4) is 6.07 Å². The molecule has 2 nitrogen and oxygen atoms in total. The highest BCUT2D eigenvalue weighted by atomic mass is 19.1. The Kier molecular flexibility index (Phi) is 3.75. The number of halogens is 2. The minimum absolute atomic E-state index is 0.164. The van der Waals surface area contributed by atoms with Crippen LogP contribution < -0.4 is 0 Å². The number of aliphatic hydroxyl groups is 1. The molecule has 0 saturated carbocycles. The molecular formula is C11H11F2NO. The molecule has 0 radical (unpaired) electrons. The third-order valence-corrected chi connectivity index (χ3v) is 2.26. The van der Waals surface area contributed by atoms with Crippen molar-refractivity contribution < 1.29 is 13.9 Å². The van der Waals surface area contributed by atoms with Crippen molar-refractivity contribution in [2.45, 2.75) is 19.4 Å². The lowest BCUT2D eigenvalue weighted by atomic mass is 9.94. The fourth-order valence-electron chi connectivity index (χ4n) is 1.34. The highest BCUT2D eigenvalue weighted by Gasteiger charge is 2.22. The van der Waals surface area contributed by atoms with Crippen LogP contribution in [0.3, 0.4) is 0 Å². The van der Waals surface area contributed by atoms with E-state index in [0.29, 0.717) is 6.42 Å². The molecule has 15 heavy (non-hydrogen) atoms. The van der Waals surface area contributed by atoms with E-state index in [1.54, 1.807) is 6.92 Å². The van der Waals surface area contributed by atoms with Gasteiger partial charge in [0.1, 0.15) is 11.6 Å². The quantitative estimate of drug-likeness (QED) is 0.834. The van der Waals surface area contributed by atoms with Gasteiger partial charge in [-0.15, -0.1) is 0 Å². The molecule has 2 atom stereocenters. The van der Waals surface area contributed by atoms with Gasteiger partial charge in [-0.05, 0) is 24.6 Å². The minimum atomic E-state index is -1.28. The van der Waals surface area contributed by atoms with Crippen molar-refractivity contribution in [2.75, 3.05) is 0 Å². The molecule has 1 aromatic carbocycles. The van der Waals surface area contributed by atoms with Crippen LogP contribution in [0.5, 0.6) is 0 Å². The molecule has 0 heterocycles. The summed E-state index contributed by atoms with van der Waals surface area (Å²) in [7, 11) is 0. The van der Waals surface area contributed by atoms with Crippen molar-refractivity contribution in [1.82, 2.24) is 0 Å². The summed E-state index contributed by atoms with van der Waals surface area (Å²) in [5.74, 6) is -2.04. The van der Waals surface area contributed by atoms with Crippen LogP contribution in [0.2, 0.25) is 0 Å². The second-order valence-corrected chi connectivity index (χ2v) is 3.25. The number of hydrogen-bond acceptors (Lipinski definition) is 2. The fraction of sp³-hybridized carbons (Fsp3) is 0.364. The van der Waals surface area contributed by atoms with E-state index in [0.717, 1.165) is 18.2 Å². The molecule has 80 valence electrons. The molecule has 0 fully saturated rings. The molecule has 0 spiro atoms. The Morgan fingerprint density at radius 3 is 2.67 bits per heavy atom. The molecule has 0 saturated heterocycles. The first-order valence-corrected chi connectivity index (χ1v) is 4.62. The lowest BCUT2D eigenvalue weighted by Gasteiger charge is -2.15. The fourth-order valence-corrected chi connectivity index (χ4v) is 1.34. The van der Waals surface area contributed by atoms with Gasteiger partial charge in [-0.1, -0.05) is 6.92 Å². The van der Waals surface area contributed by atoms with Crippen LogP contribution in [0.1, 0.15) is 25.0 Å². The molecule has 0 aliphatic heterocycles. The maximum atomic E-state index is 13.2. The Labute approximate surface area is 86.8 Å². The number of hydrogen-bond donors (Lipinski definition) is 1. The topological polar surface area (TPSA) is 44.0 Å². The summed E-state index contributed by atoms with van der Waals surface area (Å²) in [5, 5.41) is 18.3. The third kappa shape index (κ3) is 2.51. The Balaban J connectivity index is 3.05. The number of benzene rings is 1. The van der Waals surface area contributed by atoms with E-state index in [1.165, 1.54) is 0 Å². The molecule has 4 heteroatoms. The zero-order valence-electron chi connectivity index (χ0n) is 8.24. The number of rotatable bonds is 3. The van der Waals surface area contributed by atoms with Crippen molar-refractivity contribution >= 4 is 0 Å². The monoisotopic (exact) mass is 211 g/mol. The average molecular weight is 211 g/mol. The van der Waals surface area contributed by atoms with Crippen LogP contribution in [-0.4, -0.2) is 5.11 Å². The highest BCUT2D eigenvalue weighted by Crippen LogP contribution is 2.26.